The second kappa shape index (κ2) is 5.64. The second-order valence-corrected chi connectivity index (χ2v) is 5.13. The third-order valence-corrected chi connectivity index (χ3v) is 3.56. The highest BCUT2D eigenvalue weighted by Crippen LogP contribution is 2.24. The van der Waals surface area contributed by atoms with Gasteiger partial charge in [-0.3, -0.25) is 4.79 Å². The number of rotatable bonds is 5. The Morgan fingerprint density at radius 2 is 2.19 bits per heavy atom. The van der Waals surface area contributed by atoms with E-state index in [1.54, 1.807) is 6.92 Å². The van der Waals surface area contributed by atoms with Crippen LogP contribution in [-0.4, -0.2) is 34.4 Å². The van der Waals surface area contributed by atoms with Crippen molar-refractivity contribution in [2.75, 3.05) is 6.54 Å². The summed E-state index contributed by atoms with van der Waals surface area (Å²) in [6, 6.07) is 0.243. The maximum absolute atomic E-state index is 10.9. The molecule has 1 fully saturated rings. The fourth-order valence-corrected chi connectivity index (χ4v) is 2.09. The smallest absolute Gasteiger partial charge is 0.306 e. The molecule has 0 heterocycles. The lowest BCUT2D eigenvalue weighted by Crippen LogP contribution is -2.44. The van der Waals surface area contributed by atoms with Gasteiger partial charge in [0.05, 0.1) is 11.5 Å². The van der Waals surface area contributed by atoms with Crippen LogP contribution in [0.2, 0.25) is 0 Å². The number of carboxylic acids is 1. The molecular weight excluding hydrogens is 206 g/mol. The van der Waals surface area contributed by atoms with E-state index in [1.165, 1.54) is 0 Å². The van der Waals surface area contributed by atoms with E-state index in [4.69, 9.17) is 5.11 Å². The third kappa shape index (κ3) is 4.10. The van der Waals surface area contributed by atoms with E-state index in [1.807, 2.05) is 6.92 Å². The molecule has 3 unspecified atom stereocenters. The SMILES string of the molecule is CCC(C)(O)CNC1CCCC(C(=O)O)C1. The minimum Gasteiger partial charge on any atom is -0.481 e. The molecule has 1 aliphatic carbocycles. The van der Waals surface area contributed by atoms with Crippen molar-refractivity contribution in [2.24, 2.45) is 5.92 Å². The summed E-state index contributed by atoms with van der Waals surface area (Å²) in [6.07, 6.45) is 4.16. The summed E-state index contributed by atoms with van der Waals surface area (Å²) in [4.78, 5) is 10.9. The van der Waals surface area contributed by atoms with Gasteiger partial charge in [-0.05, 0) is 32.6 Å². The lowest BCUT2D eigenvalue weighted by atomic mass is 9.85. The zero-order chi connectivity index (χ0) is 12.2. The third-order valence-electron chi connectivity index (χ3n) is 3.56. The number of carboxylic acid groups (broad SMARTS) is 1. The molecule has 0 bridgehead atoms. The standard InChI is InChI=1S/C12H23NO3/c1-3-12(2,16)8-13-10-6-4-5-9(7-10)11(14)15/h9-10,13,16H,3-8H2,1-2H3,(H,14,15). The van der Waals surface area contributed by atoms with Gasteiger partial charge in [0.25, 0.3) is 0 Å². The Morgan fingerprint density at radius 3 is 2.75 bits per heavy atom. The highest BCUT2D eigenvalue weighted by molar-refractivity contribution is 5.70. The topological polar surface area (TPSA) is 69.6 Å². The maximum atomic E-state index is 10.9. The summed E-state index contributed by atoms with van der Waals surface area (Å²) < 4.78 is 0. The first-order valence-electron chi connectivity index (χ1n) is 6.13. The first-order valence-corrected chi connectivity index (χ1v) is 6.13. The maximum Gasteiger partial charge on any atom is 0.306 e. The van der Waals surface area contributed by atoms with E-state index in [0.717, 1.165) is 19.3 Å². The number of nitrogens with one attached hydrogen (secondary N) is 1. The number of aliphatic hydroxyl groups is 1. The minimum atomic E-state index is -0.686. The normalized spacial score (nSPS) is 29.7. The van der Waals surface area contributed by atoms with E-state index in [9.17, 15) is 9.90 Å². The molecule has 0 aromatic heterocycles. The van der Waals surface area contributed by atoms with Crippen LogP contribution in [0.4, 0.5) is 0 Å². The Kier molecular flexibility index (Phi) is 4.74. The molecule has 0 aromatic carbocycles. The van der Waals surface area contributed by atoms with Gasteiger partial charge in [0.2, 0.25) is 0 Å². The predicted octanol–water partition coefficient (Wildman–Crippen LogP) is 1.38. The quantitative estimate of drug-likeness (QED) is 0.666. The lowest BCUT2D eigenvalue weighted by molar-refractivity contribution is -0.143. The van der Waals surface area contributed by atoms with Crippen LogP contribution in [0.1, 0.15) is 46.0 Å². The monoisotopic (exact) mass is 229 g/mol. The molecule has 1 saturated carbocycles. The van der Waals surface area contributed by atoms with Gasteiger partial charge in [0, 0.05) is 12.6 Å². The summed E-state index contributed by atoms with van der Waals surface area (Å²) in [6.45, 7) is 4.29. The molecule has 1 aliphatic rings. The average Bonchev–Trinajstić information content (AvgIpc) is 2.27. The Labute approximate surface area is 97.0 Å². The van der Waals surface area contributed by atoms with Gasteiger partial charge in [-0.15, -0.1) is 0 Å². The van der Waals surface area contributed by atoms with E-state index < -0.39 is 11.6 Å². The summed E-state index contributed by atoms with van der Waals surface area (Å²) in [5, 5.41) is 22.1. The van der Waals surface area contributed by atoms with Crippen molar-refractivity contribution in [3.63, 3.8) is 0 Å². The summed E-state index contributed by atoms with van der Waals surface area (Å²) in [7, 11) is 0. The fraction of sp³-hybridized carbons (Fsp3) is 0.917. The van der Waals surface area contributed by atoms with Crippen LogP contribution in [0.3, 0.4) is 0 Å². The van der Waals surface area contributed by atoms with Gasteiger partial charge in [0.1, 0.15) is 0 Å². The number of hydrogen-bond donors (Lipinski definition) is 3. The molecular formula is C12H23NO3. The van der Waals surface area contributed by atoms with Gasteiger partial charge >= 0.3 is 5.97 Å². The van der Waals surface area contributed by atoms with Gasteiger partial charge in [-0.2, -0.15) is 0 Å². The largest absolute Gasteiger partial charge is 0.481 e. The van der Waals surface area contributed by atoms with Crippen LogP contribution < -0.4 is 5.32 Å². The van der Waals surface area contributed by atoms with Crippen molar-refractivity contribution >= 4 is 5.97 Å². The number of hydrogen-bond acceptors (Lipinski definition) is 3. The van der Waals surface area contributed by atoms with Gasteiger partial charge in [-0.25, -0.2) is 0 Å². The lowest BCUT2D eigenvalue weighted by Gasteiger charge is -2.30. The Balaban J connectivity index is 2.35. The predicted molar refractivity (Wildman–Crippen MR) is 62.3 cm³/mol. The zero-order valence-electron chi connectivity index (χ0n) is 10.2. The number of aliphatic carboxylic acids is 1. The molecule has 3 atom stereocenters. The van der Waals surface area contributed by atoms with Crippen molar-refractivity contribution in [3.8, 4) is 0 Å². The highest BCUT2D eigenvalue weighted by atomic mass is 16.4. The molecule has 0 radical (unpaired) electrons. The van der Waals surface area contributed by atoms with E-state index >= 15 is 0 Å². The van der Waals surface area contributed by atoms with Gasteiger partial charge in [0.15, 0.2) is 0 Å². The molecule has 0 amide bonds. The molecule has 3 N–H and O–H groups in total. The highest BCUT2D eigenvalue weighted by Gasteiger charge is 2.28. The molecule has 1 rings (SSSR count). The van der Waals surface area contributed by atoms with E-state index in [-0.39, 0.29) is 12.0 Å². The van der Waals surface area contributed by atoms with Crippen molar-refractivity contribution in [2.45, 2.75) is 57.6 Å². The molecule has 4 heteroatoms. The average molecular weight is 229 g/mol. The molecule has 0 aliphatic heterocycles. The van der Waals surface area contributed by atoms with Crippen molar-refractivity contribution in [1.82, 2.24) is 5.32 Å². The summed E-state index contributed by atoms with van der Waals surface area (Å²) in [5.41, 5.74) is -0.684. The molecule has 0 saturated heterocycles. The van der Waals surface area contributed by atoms with Crippen LogP contribution >= 0.6 is 0 Å². The van der Waals surface area contributed by atoms with Crippen molar-refractivity contribution in [3.05, 3.63) is 0 Å². The first-order chi connectivity index (χ1) is 7.44. The van der Waals surface area contributed by atoms with E-state index in [0.29, 0.717) is 19.4 Å². The second-order valence-electron chi connectivity index (χ2n) is 5.13. The summed E-state index contributed by atoms with van der Waals surface area (Å²) >= 11 is 0. The zero-order valence-corrected chi connectivity index (χ0v) is 10.2. The number of carbonyl (C=O) groups is 1. The van der Waals surface area contributed by atoms with Crippen LogP contribution in [-0.2, 0) is 4.79 Å². The van der Waals surface area contributed by atoms with E-state index in [2.05, 4.69) is 5.32 Å². The molecule has 4 nitrogen and oxygen atoms in total. The fourth-order valence-electron chi connectivity index (χ4n) is 2.09. The molecule has 16 heavy (non-hydrogen) atoms. The van der Waals surface area contributed by atoms with Crippen molar-refractivity contribution < 1.29 is 15.0 Å². The molecule has 0 aromatic rings. The Morgan fingerprint density at radius 1 is 1.50 bits per heavy atom. The Bertz CT molecular complexity index is 240. The Hall–Kier alpha value is -0.610. The van der Waals surface area contributed by atoms with Gasteiger partial charge < -0.3 is 15.5 Å². The molecule has 0 spiro atoms. The van der Waals surface area contributed by atoms with Gasteiger partial charge in [-0.1, -0.05) is 13.3 Å². The van der Waals surface area contributed by atoms with Crippen LogP contribution in [0.5, 0.6) is 0 Å². The van der Waals surface area contributed by atoms with Crippen LogP contribution in [0.15, 0.2) is 0 Å². The summed E-state index contributed by atoms with van der Waals surface area (Å²) in [5.74, 6) is -0.897. The van der Waals surface area contributed by atoms with Crippen LogP contribution in [0, 0.1) is 5.92 Å². The van der Waals surface area contributed by atoms with Crippen LogP contribution in [0.25, 0.3) is 0 Å². The first kappa shape index (κ1) is 13.5. The van der Waals surface area contributed by atoms with Crippen molar-refractivity contribution in [1.29, 1.82) is 0 Å². The molecule has 94 valence electrons. The minimum absolute atomic E-state index is 0.210.